The quantitative estimate of drug-likeness (QED) is 0.512. The van der Waals surface area contributed by atoms with Gasteiger partial charge in [0.2, 0.25) is 11.7 Å². The smallest absolute Gasteiger partial charge is 0.290 e. The van der Waals surface area contributed by atoms with E-state index in [0.29, 0.717) is 31.8 Å². The fourth-order valence-corrected chi connectivity index (χ4v) is 4.38. The largest absolute Gasteiger partial charge is 0.497 e. The Morgan fingerprint density at radius 2 is 1.81 bits per heavy atom. The minimum atomic E-state index is -0.355. The number of methoxy groups -OCH3 is 1. The first-order valence-corrected chi connectivity index (χ1v) is 11.9. The zero-order valence-corrected chi connectivity index (χ0v) is 20.6. The van der Waals surface area contributed by atoms with Gasteiger partial charge in [-0.3, -0.25) is 14.4 Å². The number of carbonyl (C=O) groups is 3. The monoisotopic (exact) mass is 444 g/mol. The molecule has 1 aliphatic rings. The van der Waals surface area contributed by atoms with Crippen molar-refractivity contribution in [1.29, 1.82) is 0 Å². The number of amides is 2. The highest BCUT2D eigenvalue weighted by atomic mass is 16.5. The number of hydrogen-bond donors (Lipinski definition) is 0. The molecule has 2 amide bonds. The summed E-state index contributed by atoms with van der Waals surface area (Å²) in [6, 6.07) is 8.03. The first-order valence-electron chi connectivity index (χ1n) is 11.9. The number of ether oxygens (including phenoxy) is 1. The standard InChI is InChI=1S/C26H40N2O4/c1-7-19(4)25(30)26(31)28-13-11-21(12-14-28)23(27(5)24(29)15-18(2)3)17-20-9-8-10-22(16-20)32-6/h8-10,16,18-19,21,23H,7,11-15,17H2,1-6H3. The minimum absolute atomic E-state index is 0.0378. The molecule has 6 heteroatoms. The topological polar surface area (TPSA) is 66.9 Å². The number of benzene rings is 1. The van der Waals surface area contributed by atoms with Gasteiger partial charge >= 0.3 is 0 Å². The van der Waals surface area contributed by atoms with Crippen LogP contribution in [0.2, 0.25) is 0 Å². The van der Waals surface area contributed by atoms with E-state index >= 15 is 0 Å². The summed E-state index contributed by atoms with van der Waals surface area (Å²) >= 11 is 0. The third-order valence-electron chi connectivity index (χ3n) is 6.69. The number of rotatable bonds is 10. The van der Waals surface area contributed by atoms with Gasteiger partial charge in [-0.2, -0.15) is 0 Å². The predicted molar refractivity (Wildman–Crippen MR) is 126 cm³/mol. The van der Waals surface area contributed by atoms with Crippen molar-refractivity contribution in [2.45, 2.75) is 65.8 Å². The molecule has 0 radical (unpaired) electrons. The Labute approximate surface area is 193 Å². The molecule has 2 rings (SSSR count). The molecule has 1 heterocycles. The van der Waals surface area contributed by atoms with Crippen LogP contribution in [0.4, 0.5) is 0 Å². The predicted octanol–water partition coefficient (Wildman–Crippen LogP) is 3.96. The van der Waals surface area contributed by atoms with Gasteiger partial charge in [-0.1, -0.05) is 39.8 Å². The molecule has 1 saturated heterocycles. The van der Waals surface area contributed by atoms with E-state index in [1.807, 2.05) is 44.0 Å². The van der Waals surface area contributed by atoms with Crippen LogP contribution >= 0.6 is 0 Å². The van der Waals surface area contributed by atoms with Crippen LogP contribution in [0, 0.1) is 17.8 Å². The summed E-state index contributed by atoms with van der Waals surface area (Å²) in [6.45, 7) is 8.98. The van der Waals surface area contributed by atoms with Gasteiger partial charge in [-0.25, -0.2) is 0 Å². The fraction of sp³-hybridized carbons (Fsp3) is 0.654. The maximum atomic E-state index is 12.9. The van der Waals surface area contributed by atoms with Gasteiger partial charge in [-0.15, -0.1) is 0 Å². The molecule has 0 saturated carbocycles. The van der Waals surface area contributed by atoms with Gasteiger partial charge in [0.25, 0.3) is 5.91 Å². The molecule has 2 unspecified atom stereocenters. The summed E-state index contributed by atoms with van der Waals surface area (Å²) in [6.07, 6.45) is 3.50. The second-order valence-corrected chi connectivity index (χ2v) is 9.53. The van der Waals surface area contributed by atoms with Crippen molar-refractivity contribution in [3.05, 3.63) is 29.8 Å². The van der Waals surface area contributed by atoms with Crippen molar-refractivity contribution in [2.75, 3.05) is 27.2 Å². The average molecular weight is 445 g/mol. The third-order valence-corrected chi connectivity index (χ3v) is 6.69. The minimum Gasteiger partial charge on any atom is -0.497 e. The van der Waals surface area contributed by atoms with Crippen LogP contribution < -0.4 is 4.74 Å². The average Bonchev–Trinajstić information content (AvgIpc) is 2.80. The van der Waals surface area contributed by atoms with Crippen molar-refractivity contribution < 1.29 is 19.1 Å². The lowest BCUT2D eigenvalue weighted by atomic mass is 9.84. The van der Waals surface area contributed by atoms with Crippen molar-refractivity contribution in [3.8, 4) is 5.75 Å². The number of carbonyl (C=O) groups excluding carboxylic acids is 3. The zero-order chi connectivity index (χ0) is 23.8. The molecular formula is C26H40N2O4. The third kappa shape index (κ3) is 6.81. The van der Waals surface area contributed by atoms with E-state index in [1.165, 1.54) is 0 Å². The molecule has 1 aliphatic heterocycles. The Balaban J connectivity index is 2.14. The Bertz CT molecular complexity index is 784. The number of ketones is 1. The highest BCUT2D eigenvalue weighted by Gasteiger charge is 2.34. The molecule has 32 heavy (non-hydrogen) atoms. The van der Waals surface area contributed by atoms with E-state index in [1.54, 1.807) is 12.0 Å². The van der Waals surface area contributed by atoms with Crippen LogP contribution in [-0.4, -0.2) is 60.7 Å². The summed E-state index contributed by atoms with van der Waals surface area (Å²) in [7, 11) is 3.56. The molecule has 0 spiro atoms. The van der Waals surface area contributed by atoms with E-state index in [9.17, 15) is 14.4 Å². The van der Waals surface area contributed by atoms with Gasteiger partial charge in [-0.05, 0) is 55.2 Å². The molecule has 6 nitrogen and oxygen atoms in total. The first kappa shape index (κ1) is 25.9. The molecule has 0 aliphatic carbocycles. The van der Waals surface area contributed by atoms with Crippen molar-refractivity contribution in [3.63, 3.8) is 0 Å². The molecule has 1 aromatic rings. The molecule has 1 aromatic carbocycles. The number of piperidine rings is 1. The summed E-state index contributed by atoms with van der Waals surface area (Å²) in [5.74, 6) is 0.647. The number of likely N-dealkylation sites (tertiary alicyclic amines) is 1. The van der Waals surface area contributed by atoms with Gasteiger partial charge in [0.1, 0.15) is 5.75 Å². The Morgan fingerprint density at radius 1 is 1.16 bits per heavy atom. The molecular weight excluding hydrogens is 404 g/mol. The molecule has 178 valence electrons. The van der Waals surface area contributed by atoms with E-state index in [-0.39, 0.29) is 35.5 Å². The van der Waals surface area contributed by atoms with Crippen molar-refractivity contribution in [1.82, 2.24) is 9.80 Å². The lowest BCUT2D eigenvalue weighted by Gasteiger charge is -2.40. The zero-order valence-electron chi connectivity index (χ0n) is 20.6. The second-order valence-electron chi connectivity index (χ2n) is 9.53. The SMILES string of the molecule is CCC(C)C(=O)C(=O)N1CCC(C(Cc2cccc(OC)c2)N(C)C(=O)CC(C)C)CC1. The first-order chi connectivity index (χ1) is 15.2. The van der Waals surface area contributed by atoms with Gasteiger partial charge in [0.15, 0.2) is 0 Å². The number of nitrogens with zero attached hydrogens (tertiary/aromatic N) is 2. The summed E-state index contributed by atoms with van der Waals surface area (Å²) in [4.78, 5) is 41.5. The van der Waals surface area contributed by atoms with Crippen LogP contribution in [0.25, 0.3) is 0 Å². The molecule has 1 fully saturated rings. The normalized spacial score (nSPS) is 16.5. The number of hydrogen-bond acceptors (Lipinski definition) is 4. The number of likely N-dealkylation sites (N-methyl/N-ethyl adjacent to an activating group) is 1. The molecule has 2 atom stereocenters. The number of Topliss-reactive ketones (excluding diaryl/α,β-unsaturated/α-hetero) is 1. The Morgan fingerprint density at radius 3 is 2.38 bits per heavy atom. The fourth-order valence-electron chi connectivity index (χ4n) is 4.38. The Kier molecular flexibility index (Phi) is 9.73. The maximum Gasteiger partial charge on any atom is 0.290 e. The lowest BCUT2D eigenvalue weighted by Crippen LogP contribution is -2.50. The van der Waals surface area contributed by atoms with E-state index in [2.05, 4.69) is 19.9 Å². The highest BCUT2D eigenvalue weighted by Crippen LogP contribution is 2.28. The van der Waals surface area contributed by atoms with Crippen LogP contribution in [0.5, 0.6) is 5.75 Å². The van der Waals surface area contributed by atoms with Gasteiger partial charge in [0.05, 0.1) is 7.11 Å². The van der Waals surface area contributed by atoms with Gasteiger partial charge < -0.3 is 14.5 Å². The van der Waals surface area contributed by atoms with Crippen LogP contribution in [0.1, 0.15) is 58.9 Å². The summed E-state index contributed by atoms with van der Waals surface area (Å²) in [5, 5.41) is 0. The van der Waals surface area contributed by atoms with Crippen LogP contribution in [0.3, 0.4) is 0 Å². The van der Waals surface area contributed by atoms with E-state index < -0.39 is 0 Å². The molecule has 0 N–H and O–H groups in total. The van der Waals surface area contributed by atoms with Crippen LogP contribution in [0.15, 0.2) is 24.3 Å². The van der Waals surface area contributed by atoms with Crippen molar-refractivity contribution >= 4 is 17.6 Å². The van der Waals surface area contributed by atoms with E-state index in [0.717, 1.165) is 30.6 Å². The molecule has 0 aromatic heterocycles. The molecule has 0 bridgehead atoms. The lowest BCUT2D eigenvalue weighted by molar-refractivity contribution is -0.148. The van der Waals surface area contributed by atoms with E-state index in [4.69, 9.17) is 4.74 Å². The second kappa shape index (κ2) is 12.0. The van der Waals surface area contributed by atoms with Crippen molar-refractivity contribution in [2.24, 2.45) is 17.8 Å². The van der Waals surface area contributed by atoms with Gasteiger partial charge in [0, 0.05) is 38.5 Å². The van der Waals surface area contributed by atoms with Crippen LogP contribution in [-0.2, 0) is 20.8 Å². The highest BCUT2D eigenvalue weighted by molar-refractivity contribution is 6.36. The summed E-state index contributed by atoms with van der Waals surface area (Å²) in [5.41, 5.74) is 1.13. The maximum absolute atomic E-state index is 12.9. The Hall–Kier alpha value is -2.37. The summed E-state index contributed by atoms with van der Waals surface area (Å²) < 4.78 is 5.38.